The van der Waals surface area contributed by atoms with Crippen molar-refractivity contribution in [2.45, 2.75) is 43.0 Å². The van der Waals surface area contributed by atoms with Gasteiger partial charge in [-0.2, -0.15) is 0 Å². The Labute approximate surface area is 117 Å². The Kier molecular flexibility index (Phi) is 3.77. The van der Waals surface area contributed by atoms with Crippen molar-refractivity contribution in [2.75, 3.05) is 5.73 Å². The predicted octanol–water partition coefficient (Wildman–Crippen LogP) is 2.67. The van der Waals surface area contributed by atoms with E-state index in [0.29, 0.717) is 0 Å². The molecule has 1 aliphatic carbocycles. The van der Waals surface area contributed by atoms with E-state index in [1.807, 2.05) is 6.92 Å². The normalized spacial score (nSPS) is 18.7. The van der Waals surface area contributed by atoms with E-state index >= 15 is 0 Å². The van der Waals surface area contributed by atoms with Crippen molar-refractivity contribution in [3.63, 3.8) is 0 Å². The van der Waals surface area contributed by atoms with Crippen LogP contribution in [0.25, 0.3) is 0 Å². The monoisotopic (exact) mass is 306 g/mol. The summed E-state index contributed by atoms with van der Waals surface area (Å²) < 4.78 is 40.9. The maximum absolute atomic E-state index is 13.9. The quantitative estimate of drug-likeness (QED) is 0.843. The van der Waals surface area contributed by atoms with Crippen molar-refractivity contribution >= 4 is 27.3 Å². The molecule has 0 atom stereocenters. The third-order valence-corrected chi connectivity index (χ3v) is 5.27. The molecule has 106 valence electrons. The minimum absolute atomic E-state index is 0.0934. The summed E-state index contributed by atoms with van der Waals surface area (Å²) in [6, 6.07) is 2.26. The van der Waals surface area contributed by atoms with Gasteiger partial charge in [-0.3, -0.25) is 0 Å². The smallest absolute Gasteiger partial charge is 0.244 e. The van der Waals surface area contributed by atoms with Crippen LogP contribution in [0.2, 0.25) is 5.02 Å². The molecule has 1 fully saturated rings. The van der Waals surface area contributed by atoms with Gasteiger partial charge in [-0.15, -0.1) is 0 Å². The van der Waals surface area contributed by atoms with E-state index in [2.05, 4.69) is 4.72 Å². The van der Waals surface area contributed by atoms with Crippen LogP contribution < -0.4 is 10.5 Å². The summed E-state index contributed by atoms with van der Waals surface area (Å²) in [5.41, 5.74) is 4.61. The highest BCUT2D eigenvalue weighted by molar-refractivity contribution is 7.89. The summed E-state index contributed by atoms with van der Waals surface area (Å²) in [5.74, 6) is -0.960. The molecular formula is C12H16ClFN2O2S. The Balaban J connectivity index is 2.40. The van der Waals surface area contributed by atoms with Gasteiger partial charge in [0, 0.05) is 10.6 Å². The second-order valence-corrected chi connectivity index (χ2v) is 7.27. The second kappa shape index (κ2) is 4.92. The lowest BCUT2D eigenvalue weighted by molar-refractivity contribution is 0.426. The predicted molar refractivity (Wildman–Crippen MR) is 73.0 cm³/mol. The summed E-state index contributed by atoms with van der Waals surface area (Å²) in [6.45, 7) is 1.82. The summed E-state index contributed by atoms with van der Waals surface area (Å²) in [6.07, 6.45) is 3.40. The molecule has 19 heavy (non-hydrogen) atoms. The fraction of sp³-hybridized carbons (Fsp3) is 0.500. The number of halogens is 2. The first-order chi connectivity index (χ1) is 8.73. The molecule has 0 aromatic heterocycles. The van der Waals surface area contributed by atoms with Crippen molar-refractivity contribution in [2.24, 2.45) is 0 Å². The van der Waals surface area contributed by atoms with Crippen LogP contribution in [-0.2, 0) is 10.0 Å². The summed E-state index contributed by atoms with van der Waals surface area (Å²) >= 11 is 5.74. The van der Waals surface area contributed by atoms with Gasteiger partial charge in [0.1, 0.15) is 4.90 Å². The van der Waals surface area contributed by atoms with E-state index in [0.717, 1.165) is 31.7 Å². The summed E-state index contributed by atoms with van der Waals surface area (Å²) in [5, 5.41) is 0.0934. The van der Waals surface area contributed by atoms with Gasteiger partial charge < -0.3 is 5.73 Å². The molecular weight excluding hydrogens is 291 g/mol. The van der Waals surface area contributed by atoms with E-state index in [-0.39, 0.29) is 10.7 Å². The molecule has 1 saturated carbocycles. The van der Waals surface area contributed by atoms with Crippen molar-refractivity contribution in [3.05, 3.63) is 23.0 Å². The molecule has 3 N–H and O–H groups in total. The first-order valence-corrected chi connectivity index (χ1v) is 7.88. The highest BCUT2D eigenvalue weighted by Gasteiger charge is 2.35. The molecule has 1 aliphatic rings. The van der Waals surface area contributed by atoms with Gasteiger partial charge in [0.05, 0.1) is 5.69 Å². The van der Waals surface area contributed by atoms with Crippen LogP contribution in [0, 0.1) is 5.82 Å². The van der Waals surface area contributed by atoms with Crippen LogP contribution in [-0.4, -0.2) is 14.0 Å². The number of sulfonamides is 1. The van der Waals surface area contributed by atoms with Gasteiger partial charge in [0.2, 0.25) is 10.0 Å². The highest BCUT2D eigenvalue weighted by Crippen LogP contribution is 2.32. The number of nitrogen functional groups attached to an aromatic ring is 1. The number of hydrogen-bond donors (Lipinski definition) is 2. The van der Waals surface area contributed by atoms with Crippen LogP contribution in [0.3, 0.4) is 0 Å². The van der Waals surface area contributed by atoms with Crippen LogP contribution in [0.1, 0.15) is 32.6 Å². The van der Waals surface area contributed by atoms with Crippen LogP contribution in [0.15, 0.2) is 17.0 Å². The summed E-state index contributed by atoms with van der Waals surface area (Å²) in [4.78, 5) is -0.495. The van der Waals surface area contributed by atoms with Crippen molar-refractivity contribution < 1.29 is 12.8 Å². The third kappa shape index (κ3) is 3.01. The fourth-order valence-electron chi connectivity index (χ4n) is 2.42. The molecule has 0 aliphatic heterocycles. The van der Waals surface area contributed by atoms with Gasteiger partial charge in [-0.25, -0.2) is 17.5 Å². The number of nitrogens with two attached hydrogens (primary N) is 1. The molecule has 0 spiro atoms. The first kappa shape index (κ1) is 14.6. The zero-order valence-electron chi connectivity index (χ0n) is 10.5. The molecule has 0 radical (unpaired) electrons. The SMILES string of the molecule is CC1(NS(=O)(=O)c2cc(Cl)cc(N)c2F)CCCC1. The topological polar surface area (TPSA) is 72.2 Å². The van der Waals surface area contributed by atoms with Gasteiger partial charge in [-0.05, 0) is 31.9 Å². The number of benzene rings is 1. The standard InChI is InChI=1S/C12H16ClFN2O2S/c1-12(4-2-3-5-12)16-19(17,18)10-7-8(13)6-9(15)11(10)14/h6-7,16H,2-5,15H2,1H3. The average Bonchev–Trinajstić information content (AvgIpc) is 2.68. The lowest BCUT2D eigenvalue weighted by Crippen LogP contribution is -2.43. The van der Waals surface area contributed by atoms with E-state index in [4.69, 9.17) is 17.3 Å². The number of rotatable bonds is 3. The van der Waals surface area contributed by atoms with Crippen LogP contribution in [0.5, 0.6) is 0 Å². The maximum atomic E-state index is 13.9. The van der Waals surface area contributed by atoms with Crippen molar-refractivity contribution in [1.82, 2.24) is 4.72 Å². The molecule has 1 aromatic carbocycles. The number of anilines is 1. The lowest BCUT2D eigenvalue weighted by atomic mass is 10.0. The Bertz CT molecular complexity index is 598. The average molecular weight is 307 g/mol. The van der Waals surface area contributed by atoms with Crippen LogP contribution in [0.4, 0.5) is 10.1 Å². The molecule has 0 saturated heterocycles. The van der Waals surface area contributed by atoms with Crippen LogP contribution >= 0.6 is 11.6 Å². The Morgan fingerprint density at radius 3 is 2.53 bits per heavy atom. The Morgan fingerprint density at radius 1 is 1.37 bits per heavy atom. The second-order valence-electron chi connectivity index (χ2n) is 5.18. The first-order valence-electron chi connectivity index (χ1n) is 6.02. The Morgan fingerprint density at radius 2 is 1.95 bits per heavy atom. The molecule has 7 heteroatoms. The number of nitrogens with one attached hydrogen (secondary N) is 1. The molecule has 0 bridgehead atoms. The van der Waals surface area contributed by atoms with Gasteiger partial charge in [0.25, 0.3) is 0 Å². The summed E-state index contributed by atoms with van der Waals surface area (Å²) in [7, 11) is -3.97. The van der Waals surface area contributed by atoms with E-state index < -0.39 is 26.3 Å². The highest BCUT2D eigenvalue weighted by atomic mass is 35.5. The molecule has 2 rings (SSSR count). The Hall–Kier alpha value is -0.850. The van der Waals surface area contributed by atoms with Gasteiger partial charge in [-0.1, -0.05) is 24.4 Å². The third-order valence-electron chi connectivity index (χ3n) is 3.41. The van der Waals surface area contributed by atoms with E-state index in [1.54, 1.807) is 0 Å². The molecule has 4 nitrogen and oxygen atoms in total. The van der Waals surface area contributed by atoms with E-state index in [9.17, 15) is 12.8 Å². The van der Waals surface area contributed by atoms with Gasteiger partial charge >= 0.3 is 0 Å². The van der Waals surface area contributed by atoms with E-state index in [1.165, 1.54) is 6.07 Å². The largest absolute Gasteiger partial charge is 0.396 e. The lowest BCUT2D eigenvalue weighted by Gasteiger charge is -2.25. The minimum atomic E-state index is -3.97. The van der Waals surface area contributed by atoms with Crippen molar-refractivity contribution in [3.8, 4) is 0 Å². The molecule has 0 heterocycles. The maximum Gasteiger partial charge on any atom is 0.244 e. The zero-order valence-corrected chi connectivity index (χ0v) is 12.1. The zero-order chi connectivity index (χ0) is 14.3. The van der Waals surface area contributed by atoms with Gasteiger partial charge in [0.15, 0.2) is 5.82 Å². The minimum Gasteiger partial charge on any atom is -0.396 e. The van der Waals surface area contributed by atoms with Crippen molar-refractivity contribution in [1.29, 1.82) is 0 Å². The molecule has 1 aromatic rings. The fourth-order valence-corrected chi connectivity index (χ4v) is 4.31. The number of hydrogen-bond acceptors (Lipinski definition) is 3. The molecule has 0 unspecified atom stereocenters. The molecule has 0 amide bonds.